The van der Waals surface area contributed by atoms with Gasteiger partial charge in [-0.1, -0.05) is 73.7 Å². The molecule has 106 valence electrons. The first-order chi connectivity index (χ1) is 10.3. The zero-order valence-electron chi connectivity index (χ0n) is 12.3. The smallest absolute Gasteiger partial charge is 0.138 e. The van der Waals surface area contributed by atoms with Gasteiger partial charge in [0.25, 0.3) is 0 Å². The Kier molecular flexibility index (Phi) is 4.11. The van der Waals surface area contributed by atoms with Crippen LogP contribution in [-0.2, 0) is 12.8 Å². The van der Waals surface area contributed by atoms with Crippen LogP contribution in [0.2, 0.25) is 0 Å². The molecular weight excluding hydrogens is 276 g/mol. The molecule has 3 aromatic rings. The number of hydrogen-bond donors (Lipinski definition) is 0. The van der Waals surface area contributed by atoms with Crippen molar-refractivity contribution >= 4 is 11.3 Å². The molecule has 21 heavy (non-hydrogen) atoms. The van der Waals surface area contributed by atoms with Gasteiger partial charge in [0.15, 0.2) is 0 Å². The van der Waals surface area contributed by atoms with Gasteiger partial charge in [-0.05, 0) is 24.0 Å². The third-order valence-electron chi connectivity index (χ3n) is 3.64. The molecule has 0 aliphatic carbocycles. The standard InChI is InChI=1S/C18H18N2S/c1-3-13-5-9-15(10-6-13)17-19-20-18(21-17)16-11-7-14(4-2)8-12-16/h5-12H,3-4H2,1-2H3. The summed E-state index contributed by atoms with van der Waals surface area (Å²) in [6.07, 6.45) is 2.12. The van der Waals surface area contributed by atoms with Crippen molar-refractivity contribution in [3.05, 3.63) is 59.7 Å². The van der Waals surface area contributed by atoms with Crippen LogP contribution in [0.3, 0.4) is 0 Å². The monoisotopic (exact) mass is 294 g/mol. The molecule has 0 saturated carbocycles. The summed E-state index contributed by atoms with van der Waals surface area (Å²) in [7, 11) is 0. The van der Waals surface area contributed by atoms with E-state index in [1.807, 2.05) is 0 Å². The van der Waals surface area contributed by atoms with E-state index in [-0.39, 0.29) is 0 Å². The van der Waals surface area contributed by atoms with Gasteiger partial charge in [-0.2, -0.15) is 0 Å². The van der Waals surface area contributed by atoms with Crippen molar-refractivity contribution in [3.8, 4) is 21.1 Å². The van der Waals surface area contributed by atoms with Crippen molar-refractivity contribution in [2.24, 2.45) is 0 Å². The number of aromatic nitrogens is 2. The lowest BCUT2D eigenvalue weighted by Gasteiger charge is -1.99. The van der Waals surface area contributed by atoms with Crippen LogP contribution in [-0.4, -0.2) is 10.2 Å². The highest BCUT2D eigenvalue weighted by Gasteiger charge is 2.08. The van der Waals surface area contributed by atoms with Crippen LogP contribution >= 0.6 is 11.3 Å². The van der Waals surface area contributed by atoms with Crippen LogP contribution in [0.1, 0.15) is 25.0 Å². The molecule has 0 aliphatic heterocycles. The minimum Gasteiger partial charge on any atom is -0.138 e. The van der Waals surface area contributed by atoms with Crippen molar-refractivity contribution in [2.75, 3.05) is 0 Å². The van der Waals surface area contributed by atoms with E-state index in [1.165, 1.54) is 11.1 Å². The van der Waals surface area contributed by atoms with Crippen LogP contribution in [0.5, 0.6) is 0 Å². The second-order valence-electron chi connectivity index (χ2n) is 5.01. The Morgan fingerprint density at radius 1 is 0.667 bits per heavy atom. The largest absolute Gasteiger partial charge is 0.148 e. The molecule has 0 aliphatic rings. The van der Waals surface area contributed by atoms with Crippen molar-refractivity contribution in [1.29, 1.82) is 0 Å². The Balaban J connectivity index is 1.87. The molecule has 1 heterocycles. The van der Waals surface area contributed by atoms with Gasteiger partial charge in [0.05, 0.1) is 0 Å². The number of hydrogen-bond acceptors (Lipinski definition) is 3. The molecular formula is C18H18N2S. The highest BCUT2D eigenvalue weighted by atomic mass is 32.1. The fourth-order valence-electron chi connectivity index (χ4n) is 2.22. The lowest BCUT2D eigenvalue weighted by atomic mass is 10.1. The summed E-state index contributed by atoms with van der Waals surface area (Å²) in [5.41, 5.74) is 4.97. The molecule has 3 heteroatoms. The lowest BCUT2D eigenvalue weighted by Crippen LogP contribution is -1.81. The van der Waals surface area contributed by atoms with Gasteiger partial charge < -0.3 is 0 Å². The van der Waals surface area contributed by atoms with Crippen molar-refractivity contribution in [1.82, 2.24) is 10.2 Å². The molecule has 0 unspecified atom stereocenters. The Hall–Kier alpha value is -2.00. The third-order valence-corrected chi connectivity index (χ3v) is 4.66. The van der Waals surface area contributed by atoms with E-state index >= 15 is 0 Å². The number of rotatable bonds is 4. The SMILES string of the molecule is CCc1ccc(-c2nnc(-c3ccc(CC)cc3)s2)cc1. The van der Waals surface area contributed by atoms with Gasteiger partial charge >= 0.3 is 0 Å². The molecule has 0 spiro atoms. The summed E-state index contributed by atoms with van der Waals surface area (Å²) in [5.74, 6) is 0. The van der Waals surface area contributed by atoms with E-state index in [4.69, 9.17) is 0 Å². The first-order valence-corrected chi connectivity index (χ1v) is 8.14. The Morgan fingerprint density at radius 3 is 1.38 bits per heavy atom. The molecule has 0 N–H and O–H groups in total. The van der Waals surface area contributed by atoms with Crippen molar-refractivity contribution in [3.63, 3.8) is 0 Å². The average Bonchev–Trinajstić information content (AvgIpc) is 3.05. The van der Waals surface area contributed by atoms with Crippen LogP contribution in [0.25, 0.3) is 21.1 Å². The van der Waals surface area contributed by atoms with Crippen LogP contribution in [0, 0.1) is 0 Å². The van der Waals surface area contributed by atoms with E-state index < -0.39 is 0 Å². The zero-order chi connectivity index (χ0) is 14.7. The van der Waals surface area contributed by atoms with Gasteiger partial charge in [-0.15, -0.1) is 10.2 Å². The van der Waals surface area contributed by atoms with Crippen LogP contribution in [0.15, 0.2) is 48.5 Å². The van der Waals surface area contributed by atoms with Gasteiger partial charge in [0, 0.05) is 11.1 Å². The van der Waals surface area contributed by atoms with Gasteiger partial charge in [0.2, 0.25) is 0 Å². The maximum Gasteiger partial charge on any atom is 0.148 e. The molecule has 0 fully saturated rings. The van der Waals surface area contributed by atoms with Crippen LogP contribution in [0.4, 0.5) is 0 Å². The van der Waals surface area contributed by atoms with E-state index in [2.05, 4.69) is 72.6 Å². The number of aryl methyl sites for hydroxylation is 2. The normalized spacial score (nSPS) is 10.8. The molecule has 0 radical (unpaired) electrons. The van der Waals surface area contributed by atoms with Crippen molar-refractivity contribution < 1.29 is 0 Å². The minimum atomic E-state index is 0.979. The summed E-state index contributed by atoms with van der Waals surface area (Å²) >= 11 is 1.64. The second kappa shape index (κ2) is 6.19. The molecule has 2 aromatic carbocycles. The quantitative estimate of drug-likeness (QED) is 0.677. The molecule has 0 amide bonds. The van der Waals surface area contributed by atoms with Gasteiger partial charge in [-0.3, -0.25) is 0 Å². The highest BCUT2D eigenvalue weighted by Crippen LogP contribution is 2.30. The van der Waals surface area contributed by atoms with E-state index in [9.17, 15) is 0 Å². The Bertz CT molecular complexity index is 650. The predicted octanol–water partition coefficient (Wildman–Crippen LogP) is 5.00. The van der Waals surface area contributed by atoms with E-state index in [0.717, 1.165) is 34.0 Å². The Labute approximate surface area is 129 Å². The van der Waals surface area contributed by atoms with Gasteiger partial charge in [0.1, 0.15) is 10.0 Å². The first-order valence-electron chi connectivity index (χ1n) is 7.32. The molecule has 0 bridgehead atoms. The fraction of sp³-hybridized carbons (Fsp3) is 0.222. The first kappa shape index (κ1) is 14.0. The summed E-state index contributed by atoms with van der Waals surface area (Å²) < 4.78 is 0. The summed E-state index contributed by atoms with van der Waals surface area (Å²) in [5, 5.41) is 10.6. The summed E-state index contributed by atoms with van der Waals surface area (Å²) in [6, 6.07) is 17.1. The Morgan fingerprint density at radius 2 is 1.05 bits per heavy atom. The lowest BCUT2D eigenvalue weighted by molar-refractivity contribution is 1.09. The average molecular weight is 294 g/mol. The third kappa shape index (κ3) is 3.03. The summed E-state index contributed by atoms with van der Waals surface area (Å²) in [6.45, 7) is 4.33. The second-order valence-corrected chi connectivity index (χ2v) is 5.99. The topological polar surface area (TPSA) is 25.8 Å². The van der Waals surface area contributed by atoms with Crippen molar-refractivity contribution in [2.45, 2.75) is 26.7 Å². The zero-order valence-corrected chi connectivity index (χ0v) is 13.2. The number of nitrogens with zero attached hydrogens (tertiary/aromatic N) is 2. The molecule has 0 atom stereocenters. The maximum absolute atomic E-state index is 4.33. The molecule has 0 saturated heterocycles. The van der Waals surface area contributed by atoms with Crippen LogP contribution < -0.4 is 0 Å². The summed E-state index contributed by atoms with van der Waals surface area (Å²) in [4.78, 5) is 0. The van der Waals surface area contributed by atoms with Gasteiger partial charge in [-0.25, -0.2) is 0 Å². The predicted molar refractivity (Wildman–Crippen MR) is 89.5 cm³/mol. The van der Waals surface area contributed by atoms with E-state index in [1.54, 1.807) is 11.3 Å². The minimum absolute atomic E-state index is 0.979. The maximum atomic E-state index is 4.33. The number of benzene rings is 2. The molecule has 2 nitrogen and oxygen atoms in total. The van der Waals surface area contributed by atoms with E-state index in [0.29, 0.717) is 0 Å². The highest BCUT2D eigenvalue weighted by molar-refractivity contribution is 7.17. The molecule has 1 aromatic heterocycles. The fourth-order valence-corrected chi connectivity index (χ4v) is 3.08. The molecule has 3 rings (SSSR count).